The lowest BCUT2D eigenvalue weighted by molar-refractivity contribution is 0.0946. The second-order valence-electron chi connectivity index (χ2n) is 6.93. The molecule has 3 heterocycles. The van der Waals surface area contributed by atoms with Gasteiger partial charge in [0.1, 0.15) is 23.0 Å². The molecule has 2 aromatic carbocycles. The maximum absolute atomic E-state index is 13.0. The smallest absolute Gasteiger partial charge is 0.271 e. The van der Waals surface area contributed by atoms with E-state index in [1.807, 2.05) is 22.6 Å². The number of halogens is 1. The van der Waals surface area contributed by atoms with Crippen molar-refractivity contribution in [1.82, 2.24) is 29.7 Å². The minimum atomic E-state index is -0.286. The summed E-state index contributed by atoms with van der Waals surface area (Å²) >= 11 is 1.49. The highest BCUT2D eigenvalue weighted by molar-refractivity contribution is 7.23. The third-order valence-electron chi connectivity index (χ3n) is 4.81. The number of ether oxygens (including phenoxy) is 1. The van der Waals surface area contributed by atoms with Gasteiger partial charge in [0.05, 0.1) is 36.6 Å². The van der Waals surface area contributed by atoms with Crippen molar-refractivity contribution in [1.29, 1.82) is 0 Å². The number of carbonyl (C=O) groups is 1. The van der Waals surface area contributed by atoms with Crippen LogP contribution in [0.5, 0.6) is 5.75 Å². The minimum absolute atomic E-state index is 0.228. The van der Waals surface area contributed by atoms with E-state index in [4.69, 9.17) is 4.74 Å². The Morgan fingerprint density at radius 1 is 1.19 bits per heavy atom. The molecule has 1 amide bonds. The maximum atomic E-state index is 13.0. The van der Waals surface area contributed by atoms with Gasteiger partial charge in [-0.1, -0.05) is 28.7 Å². The average molecular weight is 436 g/mol. The molecule has 5 aromatic rings. The second kappa shape index (κ2) is 7.80. The van der Waals surface area contributed by atoms with E-state index in [2.05, 4.69) is 20.6 Å². The zero-order chi connectivity index (χ0) is 21.4. The first-order valence-electron chi connectivity index (χ1n) is 9.46. The number of thiazole rings is 1. The highest BCUT2D eigenvalue weighted by Crippen LogP contribution is 2.29. The number of nitrogens with zero attached hydrogens (tertiary/aromatic N) is 5. The summed E-state index contributed by atoms with van der Waals surface area (Å²) < 4.78 is 22.8. The summed E-state index contributed by atoms with van der Waals surface area (Å²) in [6.45, 7) is 0.696. The van der Waals surface area contributed by atoms with Crippen molar-refractivity contribution in [3.05, 3.63) is 77.6 Å². The summed E-state index contributed by atoms with van der Waals surface area (Å²) in [5.41, 5.74) is 2.83. The molecule has 8 nitrogen and oxygen atoms in total. The molecule has 10 heteroatoms. The fourth-order valence-electron chi connectivity index (χ4n) is 3.25. The SMILES string of the molecule is COc1ccc2c(c1)sc1nc(C(=O)NCc3cn(Cc4ccc(F)cc4)nn3)cn12. The van der Waals surface area contributed by atoms with E-state index in [0.29, 0.717) is 17.9 Å². The van der Waals surface area contributed by atoms with Crippen LogP contribution in [0.1, 0.15) is 21.7 Å². The van der Waals surface area contributed by atoms with Gasteiger partial charge in [-0.15, -0.1) is 5.10 Å². The van der Waals surface area contributed by atoms with Crippen molar-refractivity contribution < 1.29 is 13.9 Å². The quantitative estimate of drug-likeness (QED) is 0.442. The molecular weight excluding hydrogens is 419 g/mol. The van der Waals surface area contributed by atoms with Gasteiger partial charge in [-0.3, -0.25) is 9.20 Å². The molecule has 0 aliphatic carbocycles. The summed E-state index contributed by atoms with van der Waals surface area (Å²) in [6, 6.07) is 12.0. The summed E-state index contributed by atoms with van der Waals surface area (Å²) in [6.07, 6.45) is 3.47. The third-order valence-corrected chi connectivity index (χ3v) is 5.83. The Balaban J connectivity index is 1.25. The van der Waals surface area contributed by atoms with Gasteiger partial charge in [0.25, 0.3) is 5.91 Å². The van der Waals surface area contributed by atoms with Crippen LogP contribution < -0.4 is 10.1 Å². The van der Waals surface area contributed by atoms with Crippen LogP contribution >= 0.6 is 11.3 Å². The van der Waals surface area contributed by atoms with Gasteiger partial charge >= 0.3 is 0 Å². The van der Waals surface area contributed by atoms with Crippen molar-refractivity contribution in [2.24, 2.45) is 0 Å². The lowest BCUT2D eigenvalue weighted by atomic mass is 10.2. The first-order chi connectivity index (χ1) is 15.1. The number of methoxy groups -OCH3 is 1. The molecule has 0 atom stereocenters. The molecular formula is C21H17FN6O2S. The predicted molar refractivity (Wildman–Crippen MR) is 114 cm³/mol. The molecule has 0 unspecified atom stereocenters. The molecule has 0 bridgehead atoms. The minimum Gasteiger partial charge on any atom is -0.497 e. The fraction of sp³-hybridized carbons (Fsp3) is 0.143. The Morgan fingerprint density at radius 2 is 2.03 bits per heavy atom. The van der Waals surface area contributed by atoms with E-state index in [1.54, 1.807) is 36.3 Å². The van der Waals surface area contributed by atoms with Crippen LogP contribution in [0.15, 0.2) is 54.9 Å². The average Bonchev–Trinajstić information content (AvgIpc) is 3.47. The summed E-state index contributed by atoms with van der Waals surface area (Å²) in [5, 5.41) is 10.9. The van der Waals surface area contributed by atoms with Crippen LogP contribution in [0.25, 0.3) is 15.2 Å². The number of carbonyl (C=O) groups excluding carboxylic acids is 1. The maximum Gasteiger partial charge on any atom is 0.271 e. The first kappa shape index (κ1) is 19.2. The monoisotopic (exact) mass is 436 g/mol. The number of amides is 1. The number of benzene rings is 2. The second-order valence-corrected chi connectivity index (χ2v) is 7.94. The Morgan fingerprint density at radius 3 is 2.84 bits per heavy atom. The normalized spacial score (nSPS) is 11.3. The summed E-state index contributed by atoms with van der Waals surface area (Å²) in [5.74, 6) is 0.214. The van der Waals surface area contributed by atoms with Gasteiger partial charge in [-0.2, -0.15) is 0 Å². The molecule has 0 radical (unpaired) electrons. The Kier molecular flexibility index (Phi) is 4.83. The molecule has 3 aromatic heterocycles. The lowest BCUT2D eigenvalue weighted by Crippen LogP contribution is -2.23. The highest BCUT2D eigenvalue weighted by atomic mass is 32.1. The largest absolute Gasteiger partial charge is 0.497 e. The molecule has 0 saturated carbocycles. The van der Waals surface area contributed by atoms with Crippen LogP contribution in [0, 0.1) is 5.82 Å². The van der Waals surface area contributed by atoms with Crippen molar-refractivity contribution in [2.75, 3.05) is 7.11 Å². The number of hydrogen-bond donors (Lipinski definition) is 1. The zero-order valence-electron chi connectivity index (χ0n) is 16.4. The highest BCUT2D eigenvalue weighted by Gasteiger charge is 2.15. The molecule has 31 heavy (non-hydrogen) atoms. The lowest BCUT2D eigenvalue weighted by Gasteiger charge is -2.01. The molecule has 0 aliphatic heterocycles. The Bertz CT molecular complexity index is 1390. The van der Waals surface area contributed by atoms with Crippen LogP contribution in [0.2, 0.25) is 0 Å². The number of rotatable bonds is 6. The first-order valence-corrected chi connectivity index (χ1v) is 10.3. The summed E-state index contributed by atoms with van der Waals surface area (Å²) in [7, 11) is 1.63. The molecule has 1 N–H and O–H groups in total. The van der Waals surface area contributed by atoms with Crippen molar-refractivity contribution >= 4 is 32.4 Å². The number of fused-ring (bicyclic) bond motifs is 3. The number of hydrogen-bond acceptors (Lipinski definition) is 6. The van der Waals surface area contributed by atoms with Crippen molar-refractivity contribution in [3.63, 3.8) is 0 Å². The molecule has 0 saturated heterocycles. The van der Waals surface area contributed by atoms with E-state index in [0.717, 1.165) is 26.5 Å². The van der Waals surface area contributed by atoms with Gasteiger partial charge in [-0.05, 0) is 35.9 Å². The summed E-state index contributed by atoms with van der Waals surface area (Å²) in [4.78, 5) is 17.7. The topological polar surface area (TPSA) is 86.3 Å². The number of aromatic nitrogens is 5. The van der Waals surface area contributed by atoms with Crippen LogP contribution in [0.3, 0.4) is 0 Å². The number of nitrogens with one attached hydrogen (secondary N) is 1. The van der Waals surface area contributed by atoms with E-state index in [-0.39, 0.29) is 18.3 Å². The van der Waals surface area contributed by atoms with Crippen LogP contribution in [0.4, 0.5) is 4.39 Å². The Hall–Kier alpha value is -3.79. The van der Waals surface area contributed by atoms with Gasteiger partial charge in [0.2, 0.25) is 0 Å². The van der Waals surface area contributed by atoms with E-state index in [1.165, 1.54) is 23.5 Å². The van der Waals surface area contributed by atoms with E-state index in [9.17, 15) is 9.18 Å². The molecule has 5 rings (SSSR count). The van der Waals surface area contributed by atoms with Crippen molar-refractivity contribution in [2.45, 2.75) is 13.1 Å². The van der Waals surface area contributed by atoms with Gasteiger partial charge in [-0.25, -0.2) is 14.1 Å². The van der Waals surface area contributed by atoms with E-state index < -0.39 is 0 Å². The zero-order valence-corrected chi connectivity index (χ0v) is 17.3. The van der Waals surface area contributed by atoms with Crippen molar-refractivity contribution in [3.8, 4) is 5.75 Å². The fourth-order valence-corrected chi connectivity index (χ4v) is 4.29. The third kappa shape index (κ3) is 3.84. The Labute approximate surface area is 179 Å². The molecule has 0 aliphatic rings. The predicted octanol–water partition coefficient (Wildman–Crippen LogP) is 3.27. The molecule has 156 valence electrons. The number of imidazole rings is 1. The molecule has 0 spiro atoms. The van der Waals surface area contributed by atoms with Gasteiger partial charge < -0.3 is 10.1 Å². The van der Waals surface area contributed by atoms with Crippen LogP contribution in [-0.4, -0.2) is 37.4 Å². The van der Waals surface area contributed by atoms with Crippen LogP contribution in [-0.2, 0) is 13.1 Å². The van der Waals surface area contributed by atoms with Gasteiger partial charge in [0, 0.05) is 6.20 Å². The van der Waals surface area contributed by atoms with E-state index >= 15 is 0 Å². The van der Waals surface area contributed by atoms with Gasteiger partial charge in [0.15, 0.2) is 4.96 Å². The molecule has 0 fully saturated rings. The standard InChI is InChI=1S/C21H17FN6O2S/c1-30-16-6-7-18-19(8-16)31-21-24-17(12-28(18)21)20(29)23-9-15-11-27(26-25-15)10-13-2-4-14(22)5-3-13/h2-8,11-12H,9-10H2,1H3,(H,23,29).